The maximum Gasteiger partial charge on any atom is 0.328 e. The van der Waals surface area contributed by atoms with E-state index in [1.807, 2.05) is 66.7 Å². The quantitative estimate of drug-likeness (QED) is 0.262. The maximum absolute atomic E-state index is 12.6. The molecule has 0 radical (unpaired) electrons. The molecule has 4 rings (SSSR count). The van der Waals surface area contributed by atoms with Gasteiger partial charge in [-0.1, -0.05) is 79.6 Å². The van der Waals surface area contributed by atoms with Crippen molar-refractivity contribution in [2.75, 3.05) is 11.9 Å². The number of carboxylic acid groups (broad SMARTS) is 1. The molecule has 0 spiro atoms. The number of aliphatic carboxylic acids is 1. The summed E-state index contributed by atoms with van der Waals surface area (Å²) < 4.78 is 0. The minimum absolute atomic E-state index is 0.0325. The molecule has 0 saturated heterocycles. The number of benzene rings is 2. The number of hydrogen-bond acceptors (Lipinski definition) is 5. The third-order valence-electron chi connectivity index (χ3n) is 6.77. The van der Waals surface area contributed by atoms with Gasteiger partial charge in [-0.25, -0.2) is 9.59 Å². The molecule has 0 unspecified atom stereocenters. The van der Waals surface area contributed by atoms with Gasteiger partial charge < -0.3 is 16.6 Å². The molecule has 8 nitrogen and oxygen atoms in total. The Morgan fingerprint density at radius 1 is 1.03 bits per heavy atom. The average molecular weight is 519 g/mol. The highest BCUT2D eigenvalue weighted by atomic mass is 32.1. The van der Waals surface area contributed by atoms with Gasteiger partial charge >= 0.3 is 12.0 Å². The number of rotatable bonds is 10. The molecular formula is C28H30N4O4S. The van der Waals surface area contributed by atoms with Crippen LogP contribution in [0.25, 0.3) is 16.5 Å². The van der Waals surface area contributed by atoms with Gasteiger partial charge in [0.05, 0.1) is 5.56 Å². The first-order valence-corrected chi connectivity index (χ1v) is 12.9. The molecule has 2 aromatic carbocycles. The van der Waals surface area contributed by atoms with E-state index >= 15 is 0 Å². The van der Waals surface area contributed by atoms with Crippen LogP contribution in [0.5, 0.6) is 0 Å². The number of urea groups is 1. The Balaban J connectivity index is 1.48. The van der Waals surface area contributed by atoms with Crippen molar-refractivity contribution in [2.24, 2.45) is 17.4 Å². The summed E-state index contributed by atoms with van der Waals surface area (Å²) in [6, 6.07) is 18.0. The van der Waals surface area contributed by atoms with Crippen LogP contribution in [-0.4, -0.2) is 29.6 Å². The maximum atomic E-state index is 12.6. The molecule has 1 aromatic heterocycles. The number of primary amides is 2. The molecule has 1 atom stereocenters. The number of nitrogens with two attached hydrogens (primary N) is 2. The van der Waals surface area contributed by atoms with E-state index in [0.717, 1.165) is 47.3 Å². The van der Waals surface area contributed by atoms with Gasteiger partial charge in [-0.3, -0.25) is 15.4 Å². The van der Waals surface area contributed by atoms with Gasteiger partial charge in [0.25, 0.3) is 5.91 Å². The second kappa shape index (κ2) is 11.4. The van der Waals surface area contributed by atoms with Crippen LogP contribution in [0.2, 0.25) is 0 Å². The number of thiophene rings is 1. The van der Waals surface area contributed by atoms with Crippen molar-refractivity contribution in [2.45, 2.75) is 31.2 Å². The van der Waals surface area contributed by atoms with E-state index in [0.29, 0.717) is 11.5 Å². The van der Waals surface area contributed by atoms with Gasteiger partial charge in [0, 0.05) is 11.4 Å². The molecule has 1 aliphatic carbocycles. The average Bonchev–Trinajstić information content (AvgIpc) is 3.56. The van der Waals surface area contributed by atoms with Crippen molar-refractivity contribution in [1.29, 1.82) is 0 Å². The highest BCUT2D eigenvalue weighted by molar-refractivity contribution is 7.20. The zero-order valence-electron chi connectivity index (χ0n) is 20.3. The van der Waals surface area contributed by atoms with Crippen molar-refractivity contribution in [3.05, 3.63) is 83.4 Å². The van der Waals surface area contributed by atoms with Crippen molar-refractivity contribution < 1.29 is 19.5 Å². The molecule has 0 aliphatic heterocycles. The number of carbonyl (C=O) groups is 3. The minimum atomic E-state index is -1.13. The van der Waals surface area contributed by atoms with Gasteiger partial charge in [0.2, 0.25) is 0 Å². The van der Waals surface area contributed by atoms with E-state index in [1.165, 1.54) is 11.3 Å². The number of amides is 3. The Morgan fingerprint density at radius 3 is 2.30 bits per heavy atom. The SMILES string of the molecule is NC(=O)Nc1sc(-c2ccc(/C=C/CN[C@](C(=O)O)(c3ccccc3)C3CCCC3)cc2)cc1C(N)=O. The number of carbonyl (C=O) groups excluding carboxylic acids is 2. The monoisotopic (exact) mass is 518 g/mol. The first kappa shape index (κ1) is 26.1. The topological polar surface area (TPSA) is 148 Å². The summed E-state index contributed by atoms with van der Waals surface area (Å²) in [6.45, 7) is 0.397. The molecule has 7 N–H and O–H groups in total. The first-order chi connectivity index (χ1) is 17.8. The second-order valence-electron chi connectivity index (χ2n) is 9.07. The predicted octanol–water partition coefficient (Wildman–Crippen LogP) is 4.78. The molecule has 0 bridgehead atoms. The fraction of sp³-hybridized carbons (Fsp3) is 0.250. The lowest BCUT2D eigenvalue weighted by atomic mass is 9.76. The number of carboxylic acids is 1. The van der Waals surface area contributed by atoms with E-state index in [4.69, 9.17) is 11.5 Å². The lowest BCUT2D eigenvalue weighted by molar-refractivity contribution is -0.148. The number of anilines is 1. The molecule has 1 saturated carbocycles. The fourth-order valence-corrected chi connectivity index (χ4v) is 6.08. The fourth-order valence-electron chi connectivity index (χ4n) is 5.01. The summed E-state index contributed by atoms with van der Waals surface area (Å²) in [6.07, 6.45) is 7.72. The zero-order chi connectivity index (χ0) is 26.4. The van der Waals surface area contributed by atoms with Crippen LogP contribution < -0.4 is 22.1 Å². The van der Waals surface area contributed by atoms with E-state index in [9.17, 15) is 19.5 Å². The molecular weight excluding hydrogens is 488 g/mol. The third-order valence-corrected chi connectivity index (χ3v) is 7.87. The van der Waals surface area contributed by atoms with Gasteiger partial charge in [-0.05, 0) is 41.5 Å². The largest absolute Gasteiger partial charge is 0.480 e. The summed E-state index contributed by atoms with van der Waals surface area (Å²) in [5, 5.41) is 16.5. The van der Waals surface area contributed by atoms with E-state index in [-0.39, 0.29) is 11.5 Å². The van der Waals surface area contributed by atoms with E-state index in [2.05, 4.69) is 10.6 Å². The van der Waals surface area contributed by atoms with Crippen molar-refractivity contribution in [3.63, 3.8) is 0 Å². The normalized spacial score (nSPS) is 15.5. The Bertz CT molecular complexity index is 1300. The number of hydrogen-bond donors (Lipinski definition) is 5. The smallest absolute Gasteiger partial charge is 0.328 e. The molecule has 1 heterocycles. The molecule has 1 aliphatic rings. The van der Waals surface area contributed by atoms with Crippen LogP contribution in [0.4, 0.5) is 9.80 Å². The molecule has 3 aromatic rings. The predicted molar refractivity (Wildman–Crippen MR) is 146 cm³/mol. The van der Waals surface area contributed by atoms with Gasteiger partial charge in [0.15, 0.2) is 0 Å². The van der Waals surface area contributed by atoms with Crippen LogP contribution >= 0.6 is 11.3 Å². The van der Waals surface area contributed by atoms with E-state index < -0.39 is 23.4 Å². The van der Waals surface area contributed by atoms with Crippen LogP contribution in [-0.2, 0) is 10.3 Å². The lowest BCUT2D eigenvalue weighted by Crippen LogP contribution is -2.54. The molecule has 1 fully saturated rings. The highest BCUT2D eigenvalue weighted by Crippen LogP contribution is 2.41. The number of nitrogens with one attached hydrogen (secondary N) is 2. The summed E-state index contributed by atoms with van der Waals surface area (Å²) in [7, 11) is 0. The van der Waals surface area contributed by atoms with Gasteiger partial charge in [0.1, 0.15) is 10.5 Å². The van der Waals surface area contributed by atoms with E-state index in [1.54, 1.807) is 6.07 Å². The zero-order valence-corrected chi connectivity index (χ0v) is 21.1. The lowest BCUT2D eigenvalue weighted by Gasteiger charge is -2.36. The van der Waals surface area contributed by atoms with Crippen molar-refractivity contribution >= 4 is 40.3 Å². The standard InChI is InChI=1S/C28H30N4O4S/c29-24(33)22-17-23(37-25(22)32-27(30)36)19-14-12-18(13-15-19)7-6-16-31-28(26(34)35,21-10-4-5-11-21)20-8-2-1-3-9-20/h1-3,6-9,12-15,17,21,31H,4-5,10-11,16H2,(H2,29,33)(H,34,35)(H3,30,32,36)/b7-6+/t28-/m1/s1. The summed E-state index contributed by atoms with van der Waals surface area (Å²) in [5.41, 5.74) is 12.3. The molecule has 3 amide bonds. The summed E-state index contributed by atoms with van der Waals surface area (Å²) in [4.78, 5) is 36.3. The van der Waals surface area contributed by atoms with Gasteiger partial charge in [-0.2, -0.15) is 0 Å². The summed E-state index contributed by atoms with van der Waals surface area (Å²) >= 11 is 1.22. The Labute approximate surface area is 219 Å². The van der Waals surface area contributed by atoms with Gasteiger partial charge in [-0.15, -0.1) is 11.3 Å². The third kappa shape index (κ3) is 5.73. The van der Waals surface area contributed by atoms with Crippen LogP contribution in [0.15, 0.2) is 66.7 Å². The van der Waals surface area contributed by atoms with Crippen LogP contribution in [0.1, 0.15) is 47.2 Å². The van der Waals surface area contributed by atoms with Crippen molar-refractivity contribution in [1.82, 2.24) is 5.32 Å². The Morgan fingerprint density at radius 2 is 1.70 bits per heavy atom. The Hall–Kier alpha value is -3.95. The molecule has 9 heteroatoms. The minimum Gasteiger partial charge on any atom is -0.480 e. The van der Waals surface area contributed by atoms with Crippen LogP contribution in [0.3, 0.4) is 0 Å². The first-order valence-electron chi connectivity index (χ1n) is 12.1. The highest BCUT2D eigenvalue weighted by Gasteiger charge is 2.47. The van der Waals surface area contributed by atoms with Crippen molar-refractivity contribution in [3.8, 4) is 10.4 Å². The Kier molecular flexibility index (Phi) is 8.05. The van der Waals surface area contributed by atoms with Crippen LogP contribution in [0, 0.1) is 5.92 Å². The molecule has 192 valence electrons. The summed E-state index contributed by atoms with van der Waals surface area (Å²) in [5.74, 6) is -1.46. The second-order valence-corrected chi connectivity index (χ2v) is 10.1. The molecule has 37 heavy (non-hydrogen) atoms.